The molecule has 0 aromatic rings. The molecular formula is C10H19N3O4. The fourth-order valence-corrected chi connectivity index (χ4v) is 1.76. The molecule has 1 heterocycles. The molecule has 7 nitrogen and oxygen atoms in total. The third-order valence-corrected chi connectivity index (χ3v) is 3.11. The molecule has 17 heavy (non-hydrogen) atoms. The molecule has 1 aliphatic heterocycles. The first-order valence-electron chi connectivity index (χ1n) is 5.55. The minimum absolute atomic E-state index is 0.184. The number of carbonyl (C=O) groups is 2. The fourth-order valence-electron chi connectivity index (χ4n) is 1.76. The van der Waals surface area contributed by atoms with E-state index in [9.17, 15) is 14.7 Å². The molecule has 98 valence electrons. The predicted molar refractivity (Wildman–Crippen MR) is 59.8 cm³/mol. The van der Waals surface area contributed by atoms with Crippen molar-refractivity contribution in [3.63, 3.8) is 0 Å². The molecule has 1 saturated heterocycles. The summed E-state index contributed by atoms with van der Waals surface area (Å²) in [5, 5.41) is 11.7. The number of carbonyl (C=O) groups excluding carboxylic acids is 2. The minimum Gasteiger partial charge on any atom is -0.381 e. The van der Waals surface area contributed by atoms with Crippen molar-refractivity contribution >= 4 is 11.8 Å². The number of hydrogen-bond acceptors (Lipinski definition) is 5. The predicted octanol–water partition coefficient (Wildman–Crippen LogP) is -2.30. The molecule has 7 heteroatoms. The summed E-state index contributed by atoms with van der Waals surface area (Å²) in [6.45, 7) is 1.01. The molecule has 0 aromatic heterocycles. The van der Waals surface area contributed by atoms with E-state index in [0.717, 1.165) is 0 Å². The maximum absolute atomic E-state index is 12.0. The normalized spacial score (nSPS) is 20.6. The number of hydrogen-bond donors (Lipinski definition) is 4. The van der Waals surface area contributed by atoms with E-state index in [1.165, 1.54) is 0 Å². The minimum atomic E-state index is -1.37. The lowest BCUT2D eigenvalue weighted by Crippen LogP contribution is -2.51. The maximum atomic E-state index is 12.0. The van der Waals surface area contributed by atoms with Gasteiger partial charge in [-0.3, -0.25) is 9.59 Å². The maximum Gasteiger partial charge on any atom is 0.248 e. The van der Waals surface area contributed by atoms with Gasteiger partial charge in [-0.1, -0.05) is 0 Å². The smallest absolute Gasteiger partial charge is 0.248 e. The van der Waals surface area contributed by atoms with Crippen molar-refractivity contribution in [2.75, 3.05) is 26.3 Å². The highest BCUT2D eigenvalue weighted by Gasteiger charge is 2.38. The zero-order valence-corrected chi connectivity index (χ0v) is 9.65. The van der Waals surface area contributed by atoms with Crippen LogP contribution in [0.15, 0.2) is 0 Å². The van der Waals surface area contributed by atoms with Gasteiger partial charge >= 0.3 is 0 Å². The number of aliphatic hydroxyl groups is 1. The van der Waals surface area contributed by atoms with Crippen LogP contribution in [0, 0.1) is 5.41 Å². The van der Waals surface area contributed by atoms with Crippen molar-refractivity contribution in [3.05, 3.63) is 0 Å². The molecule has 0 bridgehead atoms. The highest BCUT2D eigenvalue weighted by atomic mass is 16.5. The van der Waals surface area contributed by atoms with E-state index < -0.39 is 17.4 Å². The van der Waals surface area contributed by atoms with Gasteiger partial charge < -0.3 is 26.6 Å². The SMILES string of the molecule is NCC1(C(=O)NCC(O)C(N)=O)CCOCC1. The van der Waals surface area contributed by atoms with E-state index >= 15 is 0 Å². The van der Waals surface area contributed by atoms with Crippen LogP contribution >= 0.6 is 0 Å². The first-order chi connectivity index (χ1) is 8.02. The summed E-state index contributed by atoms with van der Waals surface area (Å²) in [6, 6.07) is 0. The Balaban J connectivity index is 2.52. The second-order valence-corrected chi connectivity index (χ2v) is 4.23. The van der Waals surface area contributed by atoms with Gasteiger partial charge in [0.15, 0.2) is 0 Å². The fraction of sp³-hybridized carbons (Fsp3) is 0.800. The van der Waals surface area contributed by atoms with Crippen LogP contribution in [0.25, 0.3) is 0 Å². The molecule has 6 N–H and O–H groups in total. The number of primary amides is 1. The molecule has 1 rings (SSSR count). The van der Waals surface area contributed by atoms with Gasteiger partial charge in [-0.05, 0) is 12.8 Å². The van der Waals surface area contributed by atoms with Crippen LogP contribution < -0.4 is 16.8 Å². The number of aliphatic hydroxyl groups excluding tert-OH is 1. The first kappa shape index (κ1) is 13.9. The molecular weight excluding hydrogens is 226 g/mol. The summed E-state index contributed by atoms with van der Waals surface area (Å²) in [4.78, 5) is 22.6. The van der Waals surface area contributed by atoms with Gasteiger partial charge in [0.05, 0.1) is 12.0 Å². The van der Waals surface area contributed by atoms with E-state index in [1.807, 2.05) is 0 Å². The zero-order valence-electron chi connectivity index (χ0n) is 9.65. The van der Waals surface area contributed by atoms with E-state index in [-0.39, 0.29) is 19.0 Å². The Morgan fingerprint density at radius 2 is 2.00 bits per heavy atom. The number of rotatable bonds is 5. The number of amides is 2. The van der Waals surface area contributed by atoms with Gasteiger partial charge in [0.2, 0.25) is 11.8 Å². The van der Waals surface area contributed by atoms with Crippen LogP contribution in [0.3, 0.4) is 0 Å². The largest absolute Gasteiger partial charge is 0.381 e. The lowest BCUT2D eigenvalue weighted by Gasteiger charge is -2.34. The second-order valence-electron chi connectivity index (χ2n) is 4.23. The summed E-state index contributed by atoms with van der Waals surface area (Å²) < 4.78 is 5.18. The molecule has 0 aromatic carbocycles. The molecule has 0 saturated carbocycles. The van der Waals surface area contributed by atoms with E-state index in [4.69, 9.17) is 16.2 Å². The van der Waals surface area contributed by atoms with E-state index in [2.05, 4.69) is 5.32 Å². The summed E-state index contributed by atoms with van der Waals surface area (Å²) in [5.41, 5.74) is 9.86. The molecule has 2 amide bonds. The van der Waals surface area contributed by atoms with Gasteiger partial charge in [-0.15, -0.1) is 0 Å². The van der Waals surface area contributed by atoms with Gasteiger partial charge in [0.1, 0.15) is 6.10 Å². The number of nitrogens with two attached hydrogens (primary N) is 2. The Kier molecular flexibility index (Phi) is 4.86. The van der Waals surface area contributed by atoms with Crippen LogP contribution in [-0.2, 0) is 14.3 Å². The Bertz CT molecular complexity index is 289. The zero-order chi connectivity index (χ0) is 12.9. The van der Waals surface area contributed by atoms with Crippen LogP contribution in [0.4, 0.5) is 0 Å². The van der Waals surface area contributed by atoms with E-state index in [1.54, 1.807) is 0 Å². The van der Waals surface area contributed by atoms with Gasteiger partial charge in [0.25, 0.3) is 0 Å². The lowest BCUT2D eigenvalue weighted by molar-refractivity contribution is -0.137. The van der Waals surface area contributed by atoms with Crippen LogP contribution in [0.2, 0.25) is 0 Å². The topological polar surface area (TPSA) is 128 Å². The van der Waals surface area contributed by atoms with Gasteiger partial charge in [-0.25, -0.2) is 0 Å². The molecule has 1 atom stereocenters. The van der Waals surface area contributed by atoms with Crippen molar-refractivity contribution in [2.24, 2.45) is 16.9 Å². The highest BCUT2D eigenvalue weighted by Crippen LogP contribution is 2.29. The first-order valence-corrected chi connectivity index (χ1v) is 5.55. The van der Waals surface area contributed by atoms with Crippen molar-refractivity contribution < 1.29 is 19.4 Å². The molecule has 1 fully saturated rings. The molecule has 0 radical (unpaired) electrons. The second kappa shape index (κ2) is 5.95. The Morgan fingerprint density at radius 1 is 1.41 bits per heavy atom. The summed E-state index contributed by atoms with van der Waals surface area (Å²) >= 11 is 0. The molecule has 0 spiro atoms. The van der Waals surface area contributed by atoms with Crippen molar-refractivity contribution in [2.45, 2.75) is 18.9 Å². The van der Waals surface area contributed by atoms with Crippen molar-refractivity contribution in [1.29, 1.82) is 0 Å². The van der Waals surface area contributed by atoms with E-state index in [0.29, 0.717) is 26.1 Å². The quantitative estimate of drug-likeness (QED) is 0.433. The Hall–Kier alpha value is -1.18. The third kappa shape index (κ3) is 3.39. The van der Waals surface area contributed by atoms with Crippen molar-refractivity contribution in [1.82, 2.24) is 5.32 Å². The number of ether oxygens (including phenoxy) is 1. The standard InChI is InChI=1S/C10H19N3O4/c11-6-10(1-3-17-4-2-10)9(16)13-5-7(14)8(12)15/h7,14H,1-6,11H2,(H2,12,15)(H,13,16). The molecule has 1 unspecified atom stereocenters. The number of nitrogens with one attached hydrogen (secondary N) is 1. The molecule has 1 aliphatic rings. The lowest BCUT2D eigenvalue weighted by atomic mass is 9.79. The average molecular weight is 245 g/mol. The summed E-state index contributed by atoms with van der Waals surface area (Å²) in [5.74, 6) is -1.12. The highest BCUT2D eigenvalue weighted by molar-refractivity contribution is 5.84. The van der Waals surface area contributed by atoms with Crippen LogP contribution in [0.1, 0.15) is 12.8 Å². The monoisotopic (exact) mass is 245 g/mol. The third-order valence-electron chi connectivity index (χ3n) is 3.11. The Labute approximate surface area is 99.5 Å². The van der Waals surface area contributed by atoms with Gasteiger partial charge in [-0.2, -0.15) is 0 Å². The average Bonchev–Trinajstić information content (AvgIpc) is 2.36. The van der Waals surface area contributed by atoms with Crippen LogP contribution in [0.5, 0.6) is 0 Å². The van der Waals surface area contributed by atoms with Crippen molar-refractivity contribution in [3.8, 4) is 0 Å². The molecule has 0 aliphatic carbocycles. The Morgan fingerprint density at radius 3 is 2.47 bits per heavy atom. The summed E-state index contributed by atoms with van der Waals surface area (Å²) in [6.07, 6.45) is -0.280. The van der Waals surface area contributed by atoms with Gasteiger partial charge in [0, 0.05) is 19.8 Å². The van der Waals surface area contributed by atoms with Crippen LogP contribution in [-0.4, -0.2) is 49.3 Å². The summed E-state index contributed by atoms with van der Waals surface area (Å²) in [7, 11) is 0.